The van der Waals surface area contributed by atoms with Gasteiger partial charge in [-0.15, -0.1) is 0 Å². The molecule has 0 spiro atoms. The van der Waals surface area contributed by atoms with Gasteiger partial charge in [0.05, 0.1) is 10.5 Å². The van der Waals surface area contributed by atoms with Crippen LogP contribution >= 0.6 is 11.6 Å². The Balaban J connectivity index is 2.50. The zero-order valence-electron chi connectivity index (χ0n) is 12.2. The highest BCUT2D eigenvalue weighted by Crippen LogP contribution is 2.38. The van der Waals surface area contributed by atoms with Crippen molar-refractivity contribution in [3.8, 4) is 0 Å². The van der Waals surface area contributed by atoms with E-state index in [2.05, 4.69) is 0 Å². The molecule has 0 bridgehead atoms. The molecule has 0 N–H and O–H groups in total. The molecule has 1 heterocycles. The summed E-state index contributed by atoms with van der Waals surface area (Å²) in [5.74, 6) is 0.223. The standard InChI is InChI=1S/C14H17ClF3NO2S/c1-9-5-10(2)8-19(7-9)22(20,21)13-4-3-11(15)6-12(13)14(16,17)18/h3-4,6,9-10H,5,7-8H2,1-2H3/t9-,10+. The molecule has 8 heteroatoms. The minimum Gasteiger partial charge on any atom is -0.207 e. The van der Waals surface area contributed by atoms with Crippen LogP contribution in [0.5, 0.6) is 0 Å². The molecule has 0 saturated carbocycles. The van der Waals surface area contributed by atoms with Crippen molar-refractivity contribution in [2.75, 3.05) is 13.1 Å². The third-order valence-corrected chi connectivity index (χ3v) is 5.83. The largest absolute Gasteiger partial charge is 0.417 e. The summed E-state index contributed by atoms with van der Waals surface area (Å²) < 4.78 is 65.8. The maximum Gasteiger partial charge on any atom is 0.417 e. The van der Waals surface area contributed by atoms with E-state index >= 15 is 0 Å². The van der Waals surface area contributed by atoms with E-state index in [1.165, 1.54) is 6.07 Å². The topological polar surface area (TPSA) is 37.4 Å². The van der Waals surface area contributed by atoms with Crippen molar-refractivity contribution in [1.29, 1.82) is 0 Å². The van der Waals surface area contributed by atoms with Crippen molar-refractivity contribution in [3.63, 3.8) is 0 Å². The van der Waals surface area contributed by atoms with E-state index in [1.54, 1.807) is 0 Å². The molecule has 2 atom stereocenters. The van der Waals surface area contributed by atoms with E-state index in [9.17, 15) is 21.6 Å². The first-order valence-electron chi connectivity index (χ1n) is 6.88. The van der Waals surface area contributed by atoms with Crippen LogP contribution in [0.15, 0.2) is 23.1 Å². The molecule has 0 amide bonds. The number of hydrogen-bond acceptors (Lipinski definition) is 2. The highest BCUT2D eigenvalue weighted by atomic mass is 35.5. The van der Waals surface area contributed by atoms with Crippen LogP contribution in [0.1, 0.15) is 25.8 Å². The highest BCUT2D eigenvalue weighted by Gasteiger charge is 2.40. The van der Waals surface area contributed by atoms with Gasteiger partial charge in [-0.3, -0.25) is 0 Å². The summed E-state index contributed by atoms with van der Waals surface area (Å²) in [5.41, 5.74) is -1.22. The molecule has 1 aromatic rings. The Labute approximate surface area is 133 Å². The Morgan fingerprint density at radius 1 is 1.18 bits per heavy atom. The lowest BCUT2D eigenvalue weighted by atomic mass is 9.94. The van der Waals surface area contributed by atoms with Gasteiger partial charge >= 0.3 is 6.18 Å². The summed E-state index contributed by atoms with van der Waals surface area (Å²) in [5, 5.41) is -0.147. The fourth-order valence-electron chi connectivity index (χ4n) is 2.89. The van der Waals surface area contributed by atoms with Gasteiger partial charge in [-0.05, 0) is 36.5 Å². The maximum atomic E-state index is 13.1. The zero-order valence-corrected chi connectivity index (χ0v) is 13.8. The lowest BCUT2D eigenvalue weighted by Crippen LogP contribution is -2.43. The van der Waals surface area contributed by atoms with Gasteiger partial charge < -0.3 is 0 Å². The number of nitrogens with zero attached hydrogens (tertiary/aromatic N) is 1. The van der Waals surface area contributed by atoms with Gasteiger partial charge in [0, 0.05) is 18.1 Å². The van der Waals surface area contributed by atoms with Gasteiger partial charge in [0.1, 0.15) is 0 Å². The van der Waals surface area contributed by atoms with Crippen molar-refractivity contribution < 1.29 is 21.6 Å². The smallest absolute Gasteiger partial charge is 0.207 e. The average molecular weight is 356 g/mol. The summed E-state index contributed by atoms with van der Waals surface area (Å²) in [7, 11) is -4.20. The van der Waals surface area contributed by atoms with Crippen molar-refractivity contribution in [2.24, 2.45) is 11.8 Å². The monoisotopic (exact) mass is 355 g/mol. The second kappa shape index (κ2) is 6.02. The van der Waals surface area contributed by atoms with Crippen LogP contribution in [-0.4, -0.2) is 25.8 Å². The lowest BCUT2D eigenvalue weighted by Gasteiger charge is -2.34. The molecular weight excluding hydrogens is 339 g/mol. The highest BCUT2D eigenvalue weighted by molar-refractivity contribution is 7.89. The Morgan fingerprint density at radius 2 is 1.73 bits per heavy atom. The van der Waals surface area contributed by atoms with Gasteiger partial charge in [-0.2, -0.15) is 17.5 Å². The molecule has 22 heavy (non-hydrogen) atoms. The molecule has 0 radical (unpaired) electrons. The molecule has 2 rings (SSSR count). The molecule has 3 nitrogen and oxygen atoms in total. The van der Waals surface area contributed by atoms with E-state index in [0.717, 1.165) is 16.8 Å². The summed E-state index contributed by atoms with van der Waals surface area (Å²) in [4.78, 5) is -0.731. The number of benzene rings is 1. The Morgan fingerprint density at radius 3 is 2.23 bits per heavy atom. The number of alkyl halides is 3. The molecule has 1 aliphatic heterocycles. The predicted molar refractivity (Wildman–Crippen MR) is 78.2 cm³/mol. The van der Waals surface area contributed by atoms with Crippen LogP contribution in [-0.2, 0) is 16.2 Å². The zero-order chi connectivity index (χ0) is 16.7. The number of halogens is 4. The molecule has 1 aromatic carbocycles. The van der Waals surface area contributed by atoms with E-state index in [0.29, 0.717) is 6.07 Å². The molecule has 1 saturated heterocycles. The first-order chi connectivity index (χ1) is 10.0. The van der Waals surface area contributed by atoms with Crippen LogP contribution in [0.25, 0.3) is 0 Å². The van der Waals surface area contributed by atoms with E-state index in [1.807, 2.05) is 13.8 Å². The molecule has 124 valence electrons. The molecule has 0 aliphatic carbocycles. The Hall–Kier alpha value is -0.790. The normalized spacial score (nSPS) is 24.5. The van der Waals surface area contributed by atoms with Crippen molar-refractivity contribution >= 4 is 21.6 Å². The summed E-state index contributed by atoms with van der Waals surface area (Å²) in [6.07, 6.45) is -3.92. The van der Waals surface area contributed by atoms with E-state index in [4.69, 9.17) is 11.6 Å². The molecule has 0 unspecified atom stereocenters. The number of rotatable bonds is 2. The number of sulfonamides is 1. The van der Waals surface area contributed by atoms with Crippen LogP contribution in [0.2, 0.25) is 5.02 Å². The van der Waals surface area contributed by atoms with Gasteiger partial charge in [0.25, 0.3) is 0 Å². The first-order valence-corrected chi connectivity index (χ1v) is 8.70. The summed E-state index contributed by atoms with van der Waals surface area (Å²) in [6, 6.07) is 2.76. The van der Waals surface area contributed by atoms with Gasteiger partial charge in [-0.1, -0.05) is 25.4 Å². The molecular formula is C14H17ClF3NO2S. The Bertz CT molecular complexity index is 651. The van der Waals surface area contributed by atoms with E-state index < -0.39 is 26.7 Å². The van der Waals surface area contributed by atoms with Crippen LogP contribution in [0.3, 0.4) is 0 Å². The predicted octanol–water partition coefficient (Wildman–Crippen LogP) is 4.03. The van der Waals surface area contributed by atoms with Crippen molar-refractivity contribution in [2.45, 2.75) is 31.3 Å². The van der Waals surface area contributed by atoms with Gasteiger partial charge in [0.2, 0.25) is 10.0 Å². The fourth-order valence-corrected chi connectivity index (χ4v) is 4.93. The second-order valence-corrected chi connectivity index (χ2v) is 8.25. The second-order valence-electron chi connectivity index (χ2n) is 5.91. The third-order valence-electron chi connectivity index (χ3n) is 3.70. The summed E-state index contributed by atoms with van der Waals surface area (Å²) in [6.45, 7) is 4.24. The van der Waals surface area contributed by atoms with Crippen LogP contribution in [0, 0.1) is 11.8 Å². The number of hydrogen-bond donors (Lipinski definition) is 0. The third kappa shape index (κ3) is 3.58. The molecule has 1 aliphatic rings. The van der Waals surface area contributed by atoms with Gasteiger partial charge in [0.15, 0.2) is 0 Å². The Kier molecular flexibility index (Phi) is 4.80. The van der Waals surface area contributed by atoms with Crippen LogP contribution in [0.4, 0.5) is 13.2 Å². The van der Waals surface area contributed by atoms with E-state index in [-0.39, 0.29) is 29.9 Å². The minimum atomic E-state index is -4.78. The fraction of sp³-hybridized carbons (Fsp3) is 0.571. The van der Waals surface area contributed by atoms with Crippen LogP contribution < -0.4 is 0 Å². The minimum absolute atomic E-state index is 0.111. The summed E-state index contributed by atoms with van der Waals surface area (Å²) >= 11 is 5.60. The molecule has 1 fully saturated rings. The van der Waals surface area contributed by atoms with Gasteiger partial charge in [-0.25, -0.2) is 8.42 Å². The SMILES string of the molecule is C[C@@H]1C[C@H](C)CN(S(=O)(=O)c2ccc(Cl)cc2C(F)(F)F)C1. The quantitative estimate of drug-likeness (QED) is 0.803. The average Bonchev–Trinajstić information content (AvgIpc) is 2.36. The maximum absolute atomic E-state index is 13.1. The first kappa shape index (κ1) is 17.6. The molecule has 0 aromatic heterocycles. The van der Waals surface area contributed by atoms with Crippen molar-refractivity contribution in [3.05, 3.63) is 28.8 Å². The lowest BCUT2D eigenvalue weighted by molar-refractivity contribution is -0.139. The van der Waals surface area contributed by atoms with Crippen molar-refractivity contribution in [1.82, 2.24) is 4.31 Å². The number of piperidine rings is 1.